The zero-order valence-electron chi connectivity index (χ0n) is 24.6. The number of aromatic nitrogens is 2. The molecular formula is C42H24N2O2. The van der Waals surface area contributed by atoms with E-state index in [9.17, 15) is 0 Å². The van der Waals surface area contributed by atoms with Crippen LogP contribution in [0.15, 0.2) is 155 Å². The van der Waals surface area contributed by atoms with Crippen LogP contribution in [0.3, 0.4) is 0 Å². The molecule has 4 aromatic heterocycles. The van der Waals surface area contributed by atoms with E-state index in [1.807, 2.05) is 36.5 Å². The highest BCUT2D eigenvalue weighted by molar-refractivity contribution is 6.12. The molecule has 0 aliphatic heterocycles. The van der Waals surface area contributed by atoms with Crippen molar-refractivity contribution in [2.45, 2.75) is 0 Å². The Morgan fingerprint density at radius 2 is 0.957 bits per heavy atom. The van der Waals surface area contributed by atoms with Crippen molar-refractivity contribution in [2.75, 3.05) is 0 Å². The van der Waals surface area contributed by atoms with Gasteiger partial charge in [-0.3, -0.25) is 4.98 Å². The van der Waals surface area contributed by atoms with Crippen molar-refractivity contribution in [2.24, 2.45) is 0 Å². The summed E-state index contributed by atoms with van der Waals surface area (Å²) in [6.45, 7) is 0. The fourth-order valence-electron chi connectivity index (χ4n) is 6.92. The van der Waals surface area contributed by atoms with Crippen molar-refractivity contribution >= 4 is 65.7 Å². The van der Waals surface area contributed by atoms with Crippen LogP contribution in [0.4, 0.5) is 0 Å². The molecule has 0 bridgehead atoms. The van der Waals surface area contributed by atoms with Crippen LogP contribution in [0.25, 0.3) is 99.2 Å². The maximum absolute atomic E-state index is 6.50. The highest BCUT2D eigenvalue weighted by Gasteiger charge is 2.18. The van der Waals surface area contributed by atoms with E-state index in [0.717, 1.165) is 99.2 Å². The molecule has 0 atom stereocenters. The molecule has 0 radical (unpaired) electrons. The van der Waals surface area contributed by atoms with Gasteiger partial charge in [0.15, 0.2) is 0 Å². The molecule has 214 valence electrons. The van der Waals surface area contributed by atoms with Gasteiger partial charge in [0.05, 0.1) is 16.7 Å². The predicted octanol–water partition coefficient (Wildman–Crippen LogP) is 11.6. The van der Waals surface area contributed by atoms with Gasteiger partial charge in [-0.2, -0.15) is 0 Å². The lowest BCUT2D eigenvalue weighted by Crippen LogP contribution is -1.91. The molecule has 0 spiro atoms. The van der Waals surface area contributed by atoms with E-state index in [1.54, 1.807) is 0 Å². The second-order valence-electron chi connectivity index (χ2n) is 11.8. The molecule has 0 aliphatic rings. The fraction of sp³-hybridized carbons (Fsp3) is 0. The molecule has 46 heavy (non-hydrogen) atoms. The maximum atomic E-state index is 6.50. The fourth-order valence-corrected chi connectivity index (χ4v) is 6.92. The molecule has 4 heteroatoms. The first kappa shape index (κ1) is 25.1. The smallest absolute Gasteiger partial charge is 0.143 e. The monoisotopic (exact) mass is 588 g/mol. The van der Waals surface area contributed by atoms with Crippen molar-refractivity contribution in [3.63, 3.8) is 0 Å². The van der Waals surface area contributed by atoms with E-state index in [-0.39, 0.29) is 0 Å². The molecule has 0 fully saturated rings. The van der Waals surface area contributed by atoms with Crippen LogP contribution >= 0.6 is 0 Å². The number of hydrogen-bond donors (Lipinski definition) is 0. The summed E-state index contributed by atoms with van der Waals surface area (Å²) < 4.78 is 13.0. The summed E-state index contributed by atoms with van der Waals surface area (Å²) in [6.07, 6.45) is 1.83. The molecule has 10 rings (SSSR count). The first-order valence-corrected chi connectivity index (χ1v) is 15.4. The Morgan fingerprint density at radius 1 is 0.413 bits per heavy atom. The molecule has 0 saturated carbocycles. The van der Waals surface area contributed by atoms with Crippen molar-refractivity contribution < 1.29 is 8.83 Å². The number of para-hydroxylation sites is 4. The highest BCUT2D eigenvalue weighted by Crippen LogP contribution is 2.42. The molecule has 0 N–H and O–H groups in total. The zero-order valence-corrected chi connectivity index (χ0v) is 24.6. The van der Waals surface area contributed by atoms with E-state index < -0.39 is 0 Å². The topological polar surface area (TPSA) is 52.1 Å². The zero-order chi connectivity index (χ0) is 30.2. The lowest BCUT2D eigenvalue weighted by molar-refractivity contribution is 0.670. The van der Waals surface area contributed by atoms with Crippen molar-refractivity contribution in [3.05, 3.63) is 146 Å². The van der Waals surface area contributed by atoms with Gasteiger partial charge < -0.3 is 8.83 Å². The van der Waals surface area contributed by atoms with Crippen molar-refractivity contribution in [3.8, 4) is 33.5 Å². The number of hydrogen-bond acceptors (Lipinski definition) is 4. The van der Waals surface area contributed by atoms with Crippen LogP contribution in [0, 0.1) is 0 Å². The summed E-state index contributed by atoms with van der Waals surface area (Å²) in [5.74, 6) is 0. The summed E-state index contributed by atoms with van der Waals surface area (Å²) in [5, 5.41) is 6.55. The number of rotatable bonds is 3. The van der Waals surface area contributed by atoms with Crippen molar-refractivity contribution in [1.82, 2.24) is 9.97 Å². The molecule has 0 unspecified atom stereocenters. The lowest BCUT2D eigenvalue weighted by atomic mass is 9.93. The van der Waals surface area contributed by atoms with E-state index in [2.05, 4.69) is 109 Å². The summed E-state index contributed by atoms with van der Waals surface area (Å²) in [7, 11) is 0. The van der Waals surface area contributed by atoms with Gasteiger partial charge >= 0.3 is 0 Å². The molecule has 4 nitrogen and oxygen atoms in total. The summed E-state index contributed by atoms with van der Waals surface area (Å²) >= 11 is 0. The van der Waals surface area contributed by atoms with Gasteiger partial charge in [0.2, 0.25) is 0 Å². The van der Waals surface area contributed by atoms with Gasteiger partial charge in [-0.05, 0) is 53.6 Å². The van der Waals surface area contributed by atoms with Crippen LogP contribution in [-0.2, 0) is 0 Å². The molecule has 10 aromatic rings. The van der Waals surface area contributed by atoms with E-state index in [1.165, 1.54) is 0 Å². The molecule has 0 aliphatic carbocycles. The van der Waals surface area contributed by atoms with Gasteiger partial charge in [-0.15, -0.1) is 0 Å². The average Bonchev–Trinajstić information content (AvgIpc) is 3.70. The van der Waals surface area contributed by atoms with E-state index in [0.29, 0.717) is 0 Å². The minimum Gasteiger partial charge on any atom is -0.455 e. The Labute approximate surface area is 263 Å². The standard InChI is InChI=1S/C42H24N2O2/c1-3-15-37-32(9-1)34-13-5-11-30(41(34)45-37)27-22-28(31-12-6-14-35-33-10-2-4-16-38(33)46-42(31)35)24-29(23-27)36-20-19-26-18-17-25-8-7-21-43-39(25)40(26)44-36/h1-24H. The van der Waals surface area contributed by atoms with Crippen LogP contribution in [0.5, 0.6) is 0 Å². The third-order valence-electron chi connectivity index (χ3n) is 9.09. The number of nitrogens with zero attached hydrogens (tertiary/aromatic N) is 2. The highest BCUT2D eigenvalue weighted by atomic mass is 16.3. The summed E-state index contributed by atoms with van der Waals surface area (Å²) in [6, 6.07) is 48.4. The molecular weight excluding hydrogens is 564 g/mol. The first-order valence-electron chi connectivity index (χ1n) is 15.4. The van der Waals surface area contributed by atoms with Gasteiger partial charge in [-0.25, -0.2) is 4.98 Å². The summed E-state index contributed by atoms with van der Waals surface area (Å²) in [4.78, 5) is 9.92. The number of benzene rings is 6. The Morgan fingerprint density at radius 3 is 1.61 bits per heavy atom. The number of pyridine rings is 2. The Hall–Kier alpha value is -6.26. The second-order valence-corrected chi connectivity index (χ2v) is 11.8. The Bertz CT molecular complexity index is 2690. The molecule has 6 aromatic carbocycles. The molecule has 0 amide bonds. The summed E-state index contributed by atoms with van der Waals surface area (Å²) in [5.41, 5.74) is 11.3. The quantitative estimate of drug-likeness (QED) is 0.193. The van der Waals surface area contributed by atoms with E-state index in [4.69, 9.17) is 18.8 Å². The van der Waals surface area contributed by atoms with Crippen LogP contribution < -0.4 is 0 Å². The van der Waals surface area contributed by atoms with E-state index >= 15 is 0 Å². The molecule has 4 heterocycles. The predicted molar refractivity (Wildman–Crippen MR) is 188 cm³/mol. The number of furan rings is 2. The average molecular weight is 589 g/mol. The third-order valence-corrected chi connectivity index (χ3v) is 9.09. The minimum atomic E-state index is 0.871. The van der Waals surface area contributed by atoms with Crippen LogP contribution in [0.2, 0.25) is 0 Å². The van der Waals surface area contributed by atoms with Crippen LogP contribution in [-0.4, -0.2) is 9.97 Å². The van der Waals surface area contributed by atoms with Crippen LogP contribution in [0.1, 0.15) is 0 Å². The third kappa shape index (κ3) is 3.74. The molecule has 0 saturated heterocycles. The minimum absolute atomic E-state index is 0.871. The normalized spacial score (nSPS) is 11.9. The maximum Gasteiger partial charge on any atom is 0.143 e. The number of fused-ring (bicyclic) bond motifs is 9. The van der Waals surface area contributed by atoms with Gasteiger partial charge in [0.25, 0.3) is 0 Å². The van der Waals surface area contributed by atoms with Gasteiger partial charge in [0, 0.05) is 55.2 Å². The SMILES string of the molecule is c1cnc2c(c1)ccc1ccc(-c3cc(-c4cccc5c4oc4ccccc45)cc(-c4cccc5c4oc4ccccc45)c3)nc12. The second kappa shape index (κ2) is 9.62. The van der Waals surface area contributed by atoms with Crippen molar-refractivity contribution in [1.29, 1.82) is 0 Å². The Balaban J connectivity index is 1.27. The first-order chi connectivity index (χ1) is 22.8. The van der Waals surface area contributed by atoms with Gasteiger partial charge in [-0.1, -0.05) is 97.1 Å². The lowest BCUT2D eigenvalue weighted by Gasteiger charge is -2.12. The largest absolute Gasteiger partial charge is 0.455 e. The Kier molecular flexibility index (Phi) is 5.25. The van der Waals surface area contributed by atoms with Gasteiger partial charge in [0.1, 0.15) is 22.3 Å².